The van der Waals surface area contributed by atoms with Crippen LogP contribution in [-0.4, -0.2) is 35.5 Å². The number of carbonyl (C=O) groups is 2. The molecule has 6 rings (SSSR count). The number of nitrogens with one attached hydrogen (secondary N) is 3. The Morgan fingerprint density at radius 3 is 2.69 bits per heavy atom. The first-order chi connectivity index (χ1) is 18.8. The third kappa shape index (κ3) is 5.65. The number of aromatic nitrogens is 1. The molecule has 2 amide bonds. The second kappa shape index (κ2) is 11.0. The quantitative estimate of drug-likeness (QED) is 0.325. The molecule has 3 N–H and O–H groups in total. The lowest BCUT2D eigenvalue weighted by molar-refractivity contribution is -0.131. The minimum Gasteiger partial charge on any atom is -0.449 e. The molecular formula is C31H32N4O4. The fraction of sp³-hybridized carbons (Fsp3) is 0.258. The summed E-state index contributed by atoms with van der Waals surface area (Å²) in [7, 11) is 1.76. The lowest BCUT2D eigenvalue weighted by Gasteiger charge is -2.27. The number of ether oxygens (including phenoxy) is 1. The Bertz CT molecular complexity index is 1600. The van der Waals surface area contributed by atoms with Crippen LogP contribution in [0, 0.1) is 0 Å². The van der Waals surface area contributed by atoms with E-state index in [-0.39, 0.29) is 24.0 Å². The third-order valence-corrected chi connectivity index (χ3v) is 7.18. The Kier molecular flexibility index (Phi) is 7.36. The number of amides is 2. The SMILES string of the molecule is CCc1cc2ccc1[C@@H](C)COC(=O)Nc1cccc(c1)CN(C)C(=O)C2Nc1ccc2cc[nH]c(=O)c2c1. The highest BCUT2D eigenvalue weighted by molar-refractivity contribution is 5.89. The molecule has 0 fully saturated rings. The molecule has 8 nitrogen and oxygen atoms in total. The van der Waals surface area contributed by atoms with Crippen molar-refractivity contribution >= 4 is 34.1 Å². The molecule has 1 unspecified atom stereocenters. The lowest BCUT2D eigenvalue weighted by Crippen LogP contribution is -2.35. The summed E-state index contributed by atoms with van der Waals surface area (Å²) in [6.07, 6.45) is 1.87. The molecule has 3 aromatic carbocycles. The maximum absolute atomic E-state index is 14.0. The van der Waals surface area contributed by atoms with Crippen LogP contribution in [-0.2, 0) is 22.5 Å². The number of pyridine rings is 1. The van der Waals surface area contributed by atoms with Crippen LogP contribution in [0.25, 0.3) is 10.8 Å². The van der Waals surface area contributed by atoms with Gasteiger partial charge in [0.05, 0.1) is 6.61 Å². The van der Waals surface area contributed by atoms with Crippen LogP contribution in [0.5, 0.6) is 0 Å². The molecule has 0 aliphatic carbocycles. The number of aromatic amines is 1. The average Bonchev–Trinajstić information content (AvgIpc) is 2.94. The van der Waals surface area contributed by atoms with Crippen LogP contribution >= 0.6 is 0 Å². The van der Waals surface area contributed by atoms with Gasteiger partial charge < -0.3 is 19.9 Å². The summed E-state index contributed by atoms with van der Waals surface area (Å²) in [4.78, 5) is 43.2. The molecule has 0 saturated heterocycles. The Morgan fingerprint density at radius 2 is 1.87 bits per heavy atom. The predicted molar refractivity (Wildman–Crippen MR) is 153 cm³/mol. The topological polar surface area (TPSA) is 104 Å². The fourth-order valence-corrected chi connectivity index (χ4v) is 5.08. The van der Waals surface area contributed by atoms with Gasteiger partial charge in [0.2, 0.25) is 5.91 Å². The Balaban J connectivity index is 1.58. The first-order valence-electron chi connectivity index (χ1n) is 13.1. The number of nitrogens with zero attached hydrogens (tertiary/aromatic N) is 1. The maximum Gasteiger partial charge on any atom is 0.411 e. The zero-order chi connectivity index (χ0) is 27.5. The highest BCUT2D eigenvalue weighted by Gasteiger charge is 2.26. The summed E-state index contributed by atoms with van der Waals surface area (Å²) >= 11 is 0. The second-order valence-electron chi connectivity index (χ2n) is 10.0. The van der Waals surface area contributed by atoms with E-state index in [1.54, 1.807) is 30.3 Å². The van der Waals surface area contributed by atoms with Gasteiger partial charge in [-0.3, -0.25) is 14.9 Å². The van der Waals surface area contributed by atoms with Gasteiger partial charge in [-0.05, 0) is 64.4 Å². The second-order valence-corrected chi connectivity index (χ2v) is 10.0. The summed E-state index contributed by atoms with van der Waals surface area (Å²) in [6.45, 7) is 4.66. The molecule has 1 aromatic heterocycles. The smallest absolute Gasteiger partial charge is 0.411 e. The van der Waals surface area contributed by atoms with Crippen LogP contribution in [0.2, 0.25) is 0 Å². The maximum atomic E-state index is 14.0. The largest absolute Gasteiger partial charge is 0.449 e. The van der Waals surface area contributed by atoms with Crippen molar-refractivity contribution in [3.63, 3.8) is 0 Å². The van der Waals surface area contributed by atoms with E-state index in [1.807, 2.05) is 55.5 Å². The predicted octanol–water partition coefficient (Wildman–Crippen LogP) is 5.57. The molecule has 4 bridgehead atoms. The van der Waals surface area contributed by atoms with Crippen LogP contribution in [0.1, 0.15) is 48.1 Å². The molecule has 0 spiro atoms. The number of aryl methyl sites for hydroxylation is 1. The Morgan fingerprint density at radius 1 is 1.03 bits per heavy atom. The van der Waals surface area contributed by atoms with E-state index in [1.165, 1.54) is 0 Å². The molecule has 4 aromatic rings. The van der Waals surface area contributed by atoms with Crippen LogP contribution in [0.4, 0.5) is 16.2 Å². The summed E-state index contributed by atoms with van der Waals surface area (Å²) < 4.78 is 5.53. The highest BCUT2D eigenvalue weighted by atomic mass is 16.5. The number of rotatable bonds is 3. The van der Waals surface area contributed by atoms with Crippen molar-refractivity contribution in [2.24, 2.45) is 0 Å². The average molecular weight is 525 g/mol. The van der Waals surface area contributed by atoms with Gasteiger partial charge in [-0.15, -0.1) is 0 Å². The van der Waals surface area contributed by atoms with E-state index < -0.39 is 12.1 Å². The number of H-pyrrole nitrogens is 1. The molecule has 2 aliphatic rings. The van der Waals surface area contributed by atoms with Crippen LogP contribution in [0.3, 0.4) is 0 Å². The van der Waals surface area contributed by atoms with E-state index in [9.17, 15) is 14.4 Å². The van der Waals surface area contributed by atoms with E-state index in [4.69, 9.17) is 4.74 Å². The summed E-state index contributed by atoms with van der Waals surface area (Å²) in [6, 6.07) is 20.1. The van der Waals surface area contributed by atoms with Crippen molar-refractivity contribution in [3.05, 3.63) is 106 Å². The van der Waals surface area contributed by atoms with Crippen molar-refractivity contribution in [1.82, 2.24) is 9.88 Å². The van der Waals surface area contributed by atoms with Crippen molar-refractivity contribution < 1.29 is 14.3 Å². The van der Waals surface area contributed by atoms with Crippen LogP contribution in [0.15, 0.2) is 77.7 Å². The summed E-state index contributed by atoms with van der Waals surface area (Å²) in [5, 5.41) is 7.57. The Labute approximate surface area is 227 Å². The van der Waals surface area contributed by atoms with E-state index in [0.29, 0.717) is 23.3 Å². The van der Waals surface area contributed by atoms with Crippen molar-refractivity contribution in [2.45, 2.75) is 38.8 Å². The molecule has 8 heteroatoms. The van der Waals surface area contributed by atoms with Gasteiger partial charge in [0.1, 0.15) is 6.04 Å². The van der Waals surface area contributed by atoms with Crippen molar-refractivity contribution in [3.8, 4) is 0 Å². The zero-order valence-electron chi connectivity index (χ0n) is 22.3. The summed E-state index contributed by atoms with van der Waals surface area (Å²) in [5.74, 6) is -0.152. The van der Waals surface area contributed by atoms with Gasteiger partial charge in [-0.1, -0.05) is 50.2 Å². The number of benzene rings is 3. The number of anilines is 2. The minimum atomic E-state index is -0.683. The van der Waals surface area contributed by atoms with Crippen molar-refractivity contribution in [1.29, 1.82) is 0 Å². The number of fused-ring (bicyclic) bond motifs is 10. The number of carbonyl (C=O) groups excluding carboxylic acids is 2. The van der Waals surface area contributed by atoms with Gasteiger partial charge in [-0.25, -0.2) is 4.79 Å². The summed E-state index contributed by atoms with van der Waals surface area (Å²) in [5.41, 5.74) is 4.93. The number of hydrogen-bond donors (Lipinski definition) is 3. The van der Waals surface area contributed by atoms with E-state index >= 15 is 0 Å². The Hall–Kier alpha value is -4.59. The molecule has 39 heavy (non-hydrogen) atoms. The lowest BCUT2D eigenvalue weighted by atomic mass is 9.91. The molecule has 0 saturated carbocycles. The normalized spacial score (nSPS) is 18.1. The van der Waals surface area contributed by atoms with Gasteiger partial charge >= 0.3 is 6.09 Å². The fourth-order valence-electron chi connectivity index (χ4n) is 5.08. The monoisotopic (exact) mass is 524 g/mol. The van der Waals surface area contributed by atoms with Gasteiger partial charge in [0.25, 0.3) is 5.56 Å². The molecule has 0 radical (unpaired) electrons. The minimum absolute atomic E-state index is 0.0315. The molecular weight excluding hydrogens is 492 g/mol. The first-order valence-corrected chi connectivity index (χ1v) is 13.1. The van der Waals surface area contributed by atoms with Crippen molar-refractivity contribution in [2.75, 3.05) is 24.3 Å². The van der Waals surface area contributed by atoms with E-state index in [2.05, 4.69) is 28.6 Å². The van der Waals surface area contributed by atoms with Gasteiger partial charge in [0.15, 0.2) is 0 Å². The molecule has 2 atom stereocenters. The highest BCUT2D eigenvalue weighted by Crippen LogP contribution is 2.29. The van der Waals surface area contributed by atoms with Gasteiger partial charge in [0, 0.05) is 42.5 Å². The number of likely N-dealkylation sites (N-methyl/N-ethyl adjacent to an activating group) is 1. The van der Waals surface area contributed by atoms with Crippen LogP contribution < -0.4 is 16.2 Å². The third-order valence-electron chi connectivity index (χ3n) is 7.18. The molecule has 2 aliphatic heterocycles. The number of hydrogen-bond acceptors (Lipinski definition) is 5. The first kappa shape index (κ1) is 26.0. The zero-order valence-corrected chi connectivity index (χ0v) is 22.3. The molecule has 200 valence electrons. The van der Waals surface area contributed by atoms with E-state index in [0.717, 1.165) is 34.1 Å². The standard InChI is InChI=1S/C31H32N4O4/c1-4-21-15-23-9-11-26(21)19(2)18-39-31(38)34-24-7-5-6-20(14-24)17-35(3)30(37)28(23)33-25-10-8-22-12-13-32-29(36)27(22)16-25/h5-16,19,28,33H,4,17-18H2,1-3H3,(H,32,36)(H,34,38)/t19-,28?/m0/s1. The van der Waals surface area contributed by atoms with Gasteiger partial charge in [-0.2, -0.15) is 0 Å². The molecule has 3 heterocycles.